The van der Waals surface area contributed by atoms with Crippen molar-refractivity contribution in [3.05, 3.63) is 54.0 Å². The van der Waals surface area contributed by atoms with Crippen LogP contribution in [-0.4, -0.2) is 32.1 Å². The van der Waals surface area contributed by atoms with E-state index in [2.05, 4.69) is 10.6 Å². The molecule has 0 radical (unpaired) electrons. The van der Waals surface area contributed by atoms with E-state index in [0.717, 1.165) is 5.56 Å². The van der Waals surface area contributed by atoms with E-state index < -0.39 is 5.91 Å². The molecule has 2 rings (SSSR count). The summed E-state index contributed by atoms with van der Waals surface area (Å²) in [4.78, 5) is 23.5. The molecule has 1 heterocycles. The number of benzene rings is 1. The number of allylic oxidation sites excluding steroid dienone is 1. The molecule has 0 aliphatic heterocycles. The molecule has 138 valence electrons. The van der Waals surface area contributed by atoms with Crippen molar-refractivity contribution in [2.24, 2.45) is 0 Å². The van der Waals surface area contributed by atoms with Crippen molar-refractivity contribution < 1.29 is 23.5 Å². The van der Waals surface area contributed by atoms with Gasteiger partial charge in [0, 0.05) is 0 Å². The highest BCUT2D eigenvalue weighted by atomic mass is 16.5. The number of hydrogen-bond donors (Lipinski definition) is 2. The molecule has 0 atom stereocenters. The van der Waals surface area contributed by atoms with Crippen molar-refractivity contribution in [1.82, 2.24) is 10.6 Å². The SMILES string of the molecule is C/C=C/c1ccc(OCC(=O)NCC(=O)NCc2ccco2)c(OC)c1. The second kappa shape index (κ2) is 9.93. The molecule has 7 heteroatoms. The van der Waals surface area contributed by atoms with Crippen LogP contribution in [-0.2, 0) is 16.1 Å². The van der Waals surface area contributed by atoms with Crippen molar-refractivity contribution in [3.8, 4) is 11.5 Å². The number of rotatable bonds is 9. The molecule has 26 heavy (non-hydrogen) atoms. The molecular formula is C19H22N2O5. The summed E-state index contributed by atoms with van der Waals surface area (Å²) in [6, 6.07) is 8.90. The molecule has 7 nitrogen and oxygen atoms in total. The van der Waals surface area contributed by atoms with Gasteiger partial charge in [-0.05, 0) is 36.8 Å². The number of nitrogens with one attached hydrogen (secondary N) is 2. The van der Waals surface area contributed by atoms with E-state index in [0.29, 0.717) is 17.3 Å². The molecule has 0 unspecified atom stereocenters. The van der Waals surface area contributed by atoms with Crippen LogP contribution in [0.5, 0.6) is 11.5 Å². The molecule has 0 aliphatic rings. The van der Waals surface area contributed by atoms with Gasteiger partial charge in [-0.25, -0.2) is 0 Å². The van der Waals surface area contributed by atoms with Gasteiger partial charge in [0.2, 0.25) is 5.91 Å². The minimum absolute atomic E-state index is 0.139. The first-order valence-corrected chi connectivity index (χ1v) is 8.11. The summed E-state index contributed by atoms with van der Waals surface area (Å²) in [6.45, 7) is 1.84. The van der Waals surface area contributed by atoms with Crippen LogP contribution in [0, 0.1) is 0 Å². The third-order valence-corrected chi connectivity index (χ3v) is 3.39. The lowest BCUT2D eigenvalue weighted by Crippen LogP contribution is -2.38. The first kappa shape index (κ1) is 19.1. The Balaban J connectivity index is 1.75. The van der Waals surface area contributed by atoms with E-state index >= 15 is 0 Å². The first-order chi connectivity index (χ1) is 12.6. The zero-order valence-electron chi connectivity index (χ0n) is 14.8. The van der Waals surface area contributed by atoms with E-state index in [1.54, 1.807) is 18.2 Å². The summed E-state index contributed by atoms with van der Waals surface area (Å²) in [5.41, 5.74) is 0.967. The van der Waals surface area contributed by atoms with Gasteiger partial charge >= 0.3 is 0 Å². The number of methoxy groups -OCH3 is 1. The first-order valence-electron chi connectivity index (χ1n) is 8.11. The molecule has 2 aromatic rings. The maximum Gasteiger partial charge on any atom is 0.258 e. The van der Waals surface area contributed by atoms with Crippen LogP contribution in [0.25, 0.3) is 6.08 Å². The predicted octanol–water partition coefficient (Wildman–Crippen LogP) is 2.13. The van der Waals surface area contributed by atoms with Crippen LogP contribution in [0.4, 0.5) is 0 Å². The topological polar surface area (TPSA) is 89.8 Å². The van der Waals surface area contributed by atoms with Crippen molar-refractivity contribution in [2.75, 3.05) is 20.3 Å². The minimum atomic E-state index is -0.405. The molecule has 2 N–H and O–H groups in total. The van der Waals surface area contributed by atoms with Crippen LogP contribution in [0.3, 0.4) is 0 Å². The molecule has 0 saturated heterocycles. The molecule has 1 aromatic carbocycles. The Labute approximate surface area is 152 Å². The van der Waals surface area contributed by atoms with Crippen molar-refractivity contribution in [3.63, 3.8) is 0 Å². The van der Waals surface area contributed by atoms with Crippen molar-refractivity contribution >= 4 is 17.9 Å². The fraction of sp³-hybridized carbons (Fsp3) is 0.263. The number of ether oxygens (including phenoxy) is 2. The average Bonchev–Trinajstić information content (AvgIpc) is 3.17. The van der Waals surface area contributed by atoms with E-state index in [1.807, 2.05) is 31.2 Å². The molecule has 1 aromatic heterocycles. The standard InChI is InChI=1S/C19H22N2O5/c1-3-5-14-7-8-16(17(10-14)24-2)26-13-19(23)21-12-18(22)20-11-15-6-4-9-25-15/h3-10H,11-13H2,1-2H3,(H,20,22)(H,21,23)/b5-3+. The third-order valence-electron chi connectivity index (χ3n) is 3.39. The highest BCUT2D eigenvalue weighted by Gasteiger charge is 2.10. The Bertz CT molecular complexity index is 753. The van der Waals surface area contributed by atoms with Gasteiger partial charge < -0.3 is 24.5 Å². The summed E-state index contributed by atoms with van der Waals surface area (Å²) < 4.78 is 15.8. The lowest BCUT2D eigenvalue weighted by molar-refractivity contribution is -0.127. The zero-order chi connectivity index (χ0) is 18.8. The number of amides is 2. The Morgan fingerprint density at radius 3 is 2.69 bits per heavy atom. The van der Waals surface area contributed by atoms with Gasteiger partial charge in [-0.1, -0.05) is 18.2 Å². The van der Waals surface area contributed by atoms with Crippen LogP contribution in [0.1, 0.15) is 18.2 Å². The quantitative estimate of drug-likeness (QED) is 0.717. The highest BCUT2D eigenvalue weighted by molar-refractivity contribution is 5.85. The van der Waals surface area contributed by atoms with Gasteiger partial charge in [-0.3, -0.25) is 9.59 Å². The van der Waals surface area contributed by atoms with E-state index in [1.165, 1.54) is 13.4 Å². The maximum atomic E-state index is 11.8. The van der Waals surface area contributed by atoms with Gasteiger partial charge in [-0.2, -0.15) is 0 Å². The fourth-order valence-corrected chi connectivity index (χ4v) is 2.13. The van der Waals surface area contributed by atoms with Gasteiger partial charge in [0.15, 0.2) is 18.1 Å². The molecule has 0 aliphatic carbocycles. The maximum absolute atomic E-state index is 11.8. The van der Waals surface area contributed by atoms with Crippen molar-refractivity contribution in [2.45, 2.75) is 13.5 Å². The number of hydrogen-bond acceptors (Lipinski definition) is 5. The highest BCUT2D eigenvalue weighted by Crippen LogP contribution is 2.28. The van der Waals surface area contributed by atoms with Crippen molar-refractivity contribution in [1.29, 1.82) is 0 Å². The summed E-state index contributed by atoms with van der Waals surface area (Å²) in [6.07, 6.45) is 5.37. The second-order valence-corrected chi connectivity index (χ2v) is 5.33. The van der Waals surface area contributed by atoms with Gasteiger partial charge in [0.1, 0.15) is 5.76 Å². The third kappa shape index (κ3) is 6.01. The average molecular weight is 358 g/mol. The van der Waals surface area contributed by atoms with Crippen LogP contribution < -0.4 is 20.1 Å². The second-order valence-electron chi connectivity index (χ2n) is 5.33. The van der Waals surface area contributed by atoms with E-state index in [4.69, 9.17) is 13.9 Å². The summed E-state index contributed by atoms with van der Waals surface area (Å²) in [5, 5.41) is 5.13. The van der Waals surface area contributed by atoms with Gasteiger partial charge in [0.25, 0.3) is 5.91 Å². The molecule has 0 fully saturated rings. The number of carbonyl (C=O) groups excluding carboxylic acids is 2. The summed E-state index contributed by atoms with van der Waals surface area (Å²) in [5.74, 6) is 0.907. The summed E-state index contributed by atoms with van der Waals surface area (Å²) >= 11 is 0. The monoisotopic (exact) mass is 358 g/mol. The Morgan fingerprint density at radius 2 is 2.00 bits per heavy atom. The minimum Gasteiger partial charge on any atom is -0.493 e. The van der Waals surface area contributed by atoms with Crippen LogP contribution >= 0.6 is 0 Å². The molecule has 2 amide bonds. The summed E-state index contributed by atoms with van der Waals surface area (Å²) in [7, 11) is 1.53. The lowest BCUT2D eigenvalue weighted by atomic mass is 10.2. The normalized spacial score (nSPS) is 10.5. The van der Waals surface area contributed by atoms with E-state index in [9.17, 15) is 9.59 Å². The van der Waals surface area contributed by atoms with Gasteiger partial charge in [0.05, 0.1) is 26.5 Å². The predicted molar refractivity (Wildman–Crippen MR) is 96.8 cm³/mol. The Hall–Kier alpha value is -3.22. The van der Waals surface area contributed by atoms with Crippen LogP contribution in [0.15, 0.2) is 47.1 Å². The Kier molecular flexibility index (Phi) is 7.30. The molecule has 0 bridgehead atoms. The van der Waals surface area contributed by atoms with Gasteiger partial charge in [-0.15, -0.1) is 0 Å². The number of carbonyl (C=O) groups is 2. The van der Waals surface area contributed by atoms with Crippen LogP contribution in [0.2, 0.25) is 0 Å². The largest absolute Gasteiger partial charge is 0.493 e. The zero-order valence-corrected chi connectivity index (χ0v) is 14.8. The molecular weight excluding hydrogens is 336 g/mol. The van der Waals surface area contributed by atoms with E-state index in [-0.39, 0.29) is 25.6 Å². The molecule has 0 spiro atoms. The molecule has 0 saturated carbocycles. The fourth-order valence-electron chi connectivity index (χ4n) is 2.13. The lowest BCUT2D eigenvalue weighted by Gasteiger charge is -2.11. The number of furan rings is 1. The smallest absolute Gasteiger partial charge is 0.258 e. The Morgan fingerprint density at radius 1 is 1.15 bits per heavy atom.